The molecule has 0 saturated carbocycles. The number of benzene rings is 1. The Kier molecular flexibility index (Phi) is 4.63. The van der Waals surface area contributed by atoms with Crippen molar-refractivity contribution in [1.82, 2.24) is 5.32 Å². The smallest absolute Gasteiger partial charge is 0.125 e. The van der Waals surface area contributed by atoms with Gasteiger partial charge in [-0.25, -0.2) is 0 Å². The standard InChI is InChI=1S/C16H21NO2/c1-4-17-16(15-7-6-10-19-15)13-11-12(3)8-9-14(13)18-5-2/h6-11,16-17H,4-5H2,1-3H3. The maximum Gasteiger partial charge on any atom is 0.125 e. The molecule has 1 unspecified atom stereocenters. The summed E-state index contributed by atoms with van der Waals surface area (Å²) in [5.41, 5.74) is 2.34. The fourth-order valence-corrected chi connectivity index (χ4v) is 2.20. The fourth-order valence-electron chi connectivity index (χ4n) is 2.20. The van der Waals surface area contributed by atoms with Crippen molar-refractivity contribution in [3.05, 3.63) is 53.5 Å². The van der Waals surface area contributed by atoms with Gasteiger partial charge in [-0.1, -0.05) is 24.6 Å². The zero-order chi connectivity index (χ0) is 13.7. The number of ether oxygens (including phenoxy) is 1. The summed E-state index contributed by atoms with van der Waals surface area (Å²) >= 11 is 0. The first-order valence-corrected chi connectivity index (χ1v) is 6.76. The van der Waals surface area contributed by atoms with Crippen LogP contribution in [0.5, 0.6) is 5.75 Å². The second-order valence-corrected chi connectivity index (χ2v) is 4.48. The van der Waals surface area contributed by atoms with Gasteiger partial charge in [0.1, 0.15) is 11.5 Å². The zero-order valence-electron chi connectivity index (χ0n) is 11.8. The maximum atomic E-state index is 5.74. The van der Waals surface area contributed by atoms with Gasteiger partial charge < -0.3 is 14.5 Å². The molecule has 2 rings (SSSR count). The predicted octanol–water partition coefficient (Wildman–Crippen LogP) is 3.69. The molecule has 0 amide bonds. The van der Waals surface area contributed by atoms with E-state index in [0.29, 0.717) is 6.61 Å². The van der Waals surface area contributed by atoms with E-state index < -0.39 is 0 Å². The highest BCUT2D eigenvalue weighted by atomic mass is 16.5. The van der Waals surface area contributed by atoms with Crippen molar-refractivity contribution in [3.63, 3.8) is 0 Å². The highest BCUT2D eigenvalue weighted by Gasteiger charge is 2.20. The summed E-state index contributed by atoms with van der Waals surface area (Å²) in [6, 6.07) is 10.2. The lowest BCUT2D eigenvalue weighted by Gasteiger charge is -2.20. The Labute approximate surface area is 114 Å². The minimum absolute atomic E-state index is 0.0291. The summed E-state index contributed by atoms with van der Waals surface area (Å²) in [6.07, 6.45) is 1.70. The SMILES string of the molecule is CCNC(c1ccco1)c1cc(C)ccc1OCC. The Morgan fingerprint density at radius 3 is 2.74 bits per heavy atom. The van der Waals surface area contributed by atoms with Crippen LogP contribution < -0.4 is 10.1 Å². The summed E-state index contributed by atoms with van der Waals surface area (Å²) < 4.78 is 11.3. The van der Waals surface area contributed by atoms with Crippen LogP contribution in [0.1, 0.15) is 36.8 Å². The fraction of sp³-hybridized carbons (Fsp3) is 0.375. The molecular weight excluding hydrogens is 238 g/mol. The minimum Gasteiger partial charge on any atom is -0.494 e. The summed E-state index contributed by atoms with van der Waals surface area (Å²) in [7, 11) is 0. The monoisotopic (exact) mass is 259 g/mol. The molecule has 1 atom stereocenters. The van der Waals surface area contributed by atoms with Crippen LogP contribution in [0, 0.1) is 6.92 Å². The molecule has 0 fully saturated rings. The second-order valence-electron chi connectivity index (χ2n) is 4.48. The van der Waals surface area contributed by atoms with E-state index in [4.69, 9.17) is 9.15 Å². The molecular formula is C16H21NO2. The summed E-state index contributed by atoms with van der Waals surface area (Å²) in [5, 5.41) is 3.45. The molecule has 0 aliphatic rings. The lowest BCUT2D eigenvalue weighted by molar-refractivity contribution is 0.330. The lowest BCUT2D eigenvalue weighted by atomic mass is 10.0. The van der Waals surface area contributed by atoms with Crippen molar-refractivity contribution < 1.29 is 9.15 Å². The van der Waals surface area contributed by atoms with Crippen LogP contribution >= 0.6 is 0 Å². The van der Waals surface area contributed by atoms with E-state index in [0.717, 1.165) is 23.6 Å². The first kappa shape index (κ1) is 13.7. The number of rotatable bonds is 6. The summed E-state index contributed by atoms with van der Waals surface area (Å²) in [6.45, 7) is 7.70. The van der Waals surface area contributed by atoms with Gasteiger partial charge in [0.15, 0.2) is 0 Å². The van der Waals surface area contributed by atoms with Crippen LogP contribution in [0.3, 0.4) is 0 Å². The lowest BCUT2D eigenvalue weighted by Crippen LogP contribution is -2.22. The molecule has 0 radical (unpaired) electrons. The van der Waals surface area contributed by atoms with Gasteiger partial charge in [0, 0.05) is 5.56 Å². The Hall–Kier alpha value is -1.74. The van der Waals surface area contributed by atoms with Crippen LogP contribution in [0.25, 0.3) is 0 Å². The van der Waals surface area contributed by atoms with Gasteiger partial charge in [-0.15, -0.1) is 0 Å². The topological polar surface area (TPSA) is 34.4 Å². The Bertz CT molecular complexity index is 505. The Morgan fingerprint density at radius 1 is 1.26 bits per heavy atom. The largest absolute Gasteiger partial charge is 0.494 e. The molecule has 0 aliphatic heterocycles. The number of aryl methyl sites for hydroxylation is 1. The molecule has 3 heteroatoms. The van der Waals surface area contributed by atoms with Crippen molar-refractivity contribution >= 4 is 0 Å². The van der Waals surface area contributed by atoms with Gasteiger partial charge in [-0.3, -0.25) is 0 Å². The minimum atomic E-state index is 0.0291. The first-order valence-electron chi connectivity index (χ1n) is 6.76. The van der Waals surface area contributed by atoms with Gasteiger partial charge in [-0.2, -0.15) is 0 Å². The summed E-state index contributed by atoms with van der Waals surface area (Å²) in [4.78, 5) is 0. The van der Waals surface area contributed by atoms with Gasteiger partial charge in [0.05, 0.1) is 18.9 Å². The Balaban J connectivity index is 2.43. The van der Waals surface area contributed by atoms with Crippen LogP contribution in [0.2, 0.25) is 0 Å². The van der Waals surface area contributed by atoms with Crippen molar-refractivity contribution in [1.29, 1.82) is 0 Å². The molecule has 1 N–H and O–H groups in total. The molecule has 1 aromatic heterocycles. The van der Waals surface area contributed by atoms with Crippen molar-refractivity contribution in [2.24, 2.45) is 0 Å². The molecule has 0 spiro atoms. The highest BCUT2D eigenvalue weighted by Crippen LogP contribution is 2.31. The van der Waals surface area contributed by atoms with Crippen molar-refractivity contribution in [3.8, 4) is 5.75 Å². The van der Waals surface area contributed by atoms with E-state index in [-0.39, 0.29) is 6.04 Å². The number of hydrogen-bond donors (Lipinski definition) is 1. The van der Waals surface area contributed by atoms with Gasteiger partial charge in [-0.05, 0) is 38.6 Å². The quantitative estimate of drug-likeness (QED) is 0.859. The molecule has 19 heavy (non-hydrogen) atoms. The average molecular weight is 259 g/mol. The third-order valence-electron chi connectivity index (χ3n) is 3.01. The van der Waals surface area contributed by atoms with E-state index in [1.165, 1.54) is 5.56 Å². The van der Waals surface area contributed by atoms with E-state index in [1.807, 2.05) is 25.1 Å². The molecule has 2 aromatic rings. The number of nitrogens with one attached hydrogen (secondary N) is 1. The van der Waals surface area contributed by atoms with Crippen LogP contribution in [0.15, 0.2) is 41.0 Å². The Morgan fingerprint density at radius 2 is 2.11 bits per heavy atom. The summed E-state index contributed by atoms with van der Waals surface area (Å²) in [5.74, 6) is 1.82. The maximum absolute atomic E-state index is 5.74. The van der Waals surface area contributed by atoms with E-state index in [9.17, 15) is 0 Å². The van der Waals surface area contributed by atoms with Crippen molar-refractivity contribution in [2.45, 2.75) is 26.8 Å². The molecule has 0 bridgehead atoms. The molecule has 3 nitrogen and oxygen atoms in total. The van der Waals surface area contributed by atoms with Crippen LogP contribution in [-0.2, 0) is 0 Å². The van der Waals surface area contributed by atoms with Crippen LogP contribution in [0.4, 0.5) is 0 Å². The van der Waals surface area contributed by atoms with E-state index >= 15 is 0 Å². The molecule has 102 valence electrons. The third-order valence-corrected chi connectivity index (χ3v) is 3.01. The number of hydrogen-bond acceptors (Lipinski definition) is 3. The highest BCUT2D eigenvalue weighted by molar-refractivity contribution is 5.42. The molecule has 0 saturated heterocycles. The first-order chi connectivity index (χ1) is 9.26. The van der Waals surface area contributed by atoms with E-state index in [1.54, 1.807) is 6.26 Å². The van der Waals surface area contributed by atoms with Gasteiger partial charge in [0.2, 0.25) is 0 Å². The molecule has 0 aliphatic carbocycles. The zero-order valence-corrected chi connectivity index (χ0v) is 11.8. The molecule has 1 heterocycles. The second kappa shape index (κ2) is 6.43. The van der Waals surface area contributed by atoms with Gasteiger partial charge in [0.25, 0.3) is 0 Å². The third kappa shape index (κ3) is 3.18. The average Bonchev–Trinajstić information content (AvgIpc) is 2.92. The normalized spacial score (nSPS) is 12.4. The number of furan rings is 1. The van der Waals surface area contributed by atoms with Crippen LogP contribution in [-0.4, -0.2) is 13.2 Å². The predicted molar refractivity (Wildman–Crippen MR) is 76.6 cm³/mol. The molecule has 1 aromatic carbocycles. The van der Waals surface area contributed by atoms with Crippen molar-refractivity contribution in [2.75, 3.05) is 13.2 Å². The van der Waals surface area contributed by atoms with E-state index in [2.05, 4.69) is 31.3 Å². The van der Waals surface area contributed by atoms with Gasteiger partial charge >= 0.3 is 0 Å².